The Morgan fingerprint density at radius 2 is 2.04 bits per heavy atom. The molecule has 8 heteroatoms. The van der Waals surface area contributed by atoms with Gasteiger partial charge in [-0.3, -0.25) is 9.69 Å². The lowest BCUT2D eigenvalue weighted by molar-refractivity contribution is 0.0695. The number of hydrogen-bond donors (Lipinski definition) is 3. The maximum atomic E-state index is 13.0. The van der Waals surface area contributed by atoms with Crippen LogP contribution in [-0.4, -0.2) is 60.0 Å². The monoisotopic (exact) mass is 360 g/mol. The number of alkyl halides is 1. The minimum Gasteiger partial charge on any atom is -0.477 e. The molecule has 2 atom stereocenters. The van der Waals surface area contributed by atoms with Gasteiger partial charge in [-0.2, -0.15) is 0 Å². The topological polar surface area (TPSA) is 88.7 Å². The molecule has 2 aliphatic heterocycles. The van der Waals surface area contributed by atoms with Gasteiger partial charge in [0.05, 0.1) is 16.9 Å². The van der Waals surface area contributed by atoms with Gasteiger partial charge in [0.1, 0.15) is 5.56 Å². The maximum Gasteiger partial charge on any atom is 0.341 e. The van der Waals surface area contributed by atoms with Gasteiger partial charge in [0.2, 0.25) is 5.43 Å². The summed E-state index contributed by atoms with van der Waals surface area (Å²) in [5.74, 6) is -1.28. The van der Waals surface area contributed by atoms with E-state index in [1.54, 1.807) is 6.07 Å². The standard InChI is InChI=1S/C18H21FN4O3/c1-22-10-2-3-11(22)8-23(7-10)16-5-14-12(4-15(16)21-9-19)17(24)13(6-20-14)18(25)26/h4-6,10-11,21H,2-3,7-9H2,1H3,(H,20,24)(H,25,26). The van der Waals surface area contributed by atoms with E-state index >= 15 is 0 Å². The Bertz CT molecular complexity index is 915. The molecule has 3 N–H and O–H groups in total. The molecule has 3 heterocycles. The molecule has 2 aliphatic rings. The number of halogens is 1. The number of likely N-dealkylation sites (N-methyl/N-ethyl adjacent to an activating group) is 1. The molecule has 0 aliphatic carbocycles. The Kier molecular flexibility index (Phi) is 4.07. The lowest BCUT2D eigenvalue weighted by Gasteiger charge is -2.40. The fourth-order valence-electron chi connectivity index (χ4n) is 4.20. The molecule has 1 aromatic carbocycles. The van der Waals surface area contributed by atoms with Crippen molar-refractivity contribution in [2.24, 2.45) is 0 Å². The average Bonchev–Trinajstić information content (AvgIpc) is 2.83. The van der Waals surface area contributed by atoms with Crippen LogP contribution >= 0.6 is 0 Å². The number of rotatable bonds is 4. The number of nitrogens with one attached hydrogen (secondary N) is 2. The second-order valence-corrected chi connectivity index (χ2v) is 7.02. The molecule has 1 aromatic heterocycles. The SMILES string of the molecule is CN1C2CCC1CN(c1cc3[nH]cc(C(=O)O)c(=O)c3cc1NCF)C2. The summed E-state index contributed by atoms with van der Waals surface area (Å²) in [5.41, 5.74) is 0.994. The zero-order valence-corrected chi connectivity index (χ0v) is 14.5. The molecule has 2 bridgehead atoms. The molecule has 0 amide bonds. The normalized spacial score (nSPS) is 22.8. The summed E-state index contributed by atoms with van der Waals surface area (Å²) in [7, 11) is 2.14. The maximum absolute atomic E-state index is 13.0. The summed E-state index contributed by atoms with van der Waals surface area (Å²) in [6, 6.07) is 4.30. The molecular weight excluding hydrogens is 339 g/mol. The van der Waals surface area contributed by atoms with Crippen LogP contribution in [0.3, 0.4) is 0 Å². The van der Waals surface area contributed by atoms with Crippen LogP contribution in [0, 0.1) is 0 Å². The Morgan fingerprint density at radius 3 is 2.65 bits per heavy atom. The average molecular weight is 360 g/mol. The summed E-state index contributed by atoms with van der Waals surface area (Å²) in [6.45, 7) is 0.920. The molecule has 4 rings (SSSR count). The molecular formula is C18H21FN4O3. The van der Waals surface area contributed by atoms with Crippen molar-refractivity contribution in [3.63, 3.8) is 0 Å². The predicted octanol–water partition coefficient (Wildman–Crippen LogP) is 1.85. The number of aromatic amines is 1. The number of aromatic nitrogens is 1. The smallest absolute Gasteiger partial charge is 0.341 e. The third-order valence-corrected chi connectivity index (χ3v) is 5.67. The number of pyridine rings is 1. The van der Waals surface area contributed by atoms with Crippen LogP contribution in [0.1, 0.15) is 23.2 Å². The number of aromatic carboxylic acids is 1. The van der Waals surface area contributed by atoms with Crippen LogP contribution in [0.2, 0.25) is 0 Å². The molecule has 2 unspecified atom stereocenters. The highest BCUT2D eigenvalue weighted by Gasteiger charge is 2.38. The van der Waals surface area contributed by atoms with Crippen LogP contribution in [0.4, 0.5) is 15.8 Å². The van der Waals surface area contributed by atoms with Crippen LogP contribution < -0.4 is 15.6 Å². The quantitative estimate of drug-likeness (QED) is 0.721. The number of anilines is 2. The van der Waals surface area contributed by atoms with E-state index in [1.807, 2.05) is 6.07 Å². The highest BCUT2D eigenvalue weighted by molar-refractivity contribution is 5.95. The molecule has 138 valence electrons. The van der Waals surface area contributed by atoms with Crippen molar-refractivity contribution >= 4 is 28.2 Å². The third-order valence-electron chi connectivity index (χ3n) is 5.67. The Labute approximate surface area is 149 Å². The van der Waals surface area contributed by atoms with Crippen molar-refractivity contribution in [1.29, 1.82) is 0 Å². The minimum absolute atomic E-state index is 0.238. The van der Waals surface area contributed by atoms with Gasteiger partial charge >= 0.3 is 5.97 Å². The molecule has 26 heavy (non-hydrogen) atoms. The van der Waals surface area contributed by atoms with E-state index in [0.29, 0.717) is 23.3 Å². The van der Waals surface area contributed by atoms with Gasteiger partial charge in [-0.05, 0) is 32.0 Å². The molecule has 2 saturated heterocycles. The summed E-state index contributed by atoms with van der Waals surface area (Å²) in [4.78, 5) is 31.1. The highest BCUT2D eigenvalue weighted by Crippen LogP contribution is 2.36. The van der Waals surface area contributed by atoms with Gasteiger partial charge in [0.15, 0.2) is 6.80 Å². The van der Waals surface area contributed by atoms with E-state index < -0.39 is 18.2 Å². The van der Waals surface area contributed by atoms with Crippen LogP contribution in [0.15, 0.2) is 23.1 Å². The first-order chi connectivity index (χ1) is 12.5. The Hall–Kier alpha value is -2.61. The fourth-order valence-corrected chi connectivity index (χ4v) is 4.20. The van der Waals surface area contributed by atoms with Crippen molar-refractivity contribution in [2.75, 3.05) is 37.2 Å². The Morgan fingerprint density at radius 1 is 1.35 bits per heavy atom. The number of piperazine rings is 1. The van der Waals surface area contributed by atoms with Crippen molar-refractivity contribution in [3.8, 4) is 0 Å². The first-order valence-corrected chi connectivity index (χ1v) is 8.69. The van der Waals surface area contributed by atoms with Crippen molar-refractivity contribution < 1.29 is 14.3 Å². The summed E-state index contributed by atoms with van der Waals surface area (Å²) in [5, 5.41) is 12.1. The first-order valence-electron chi connectivity index (χ1n) is 8.69. The number of carbonyl (C=O) groups is 1. The highest BCUT2D eigenvalue weighted by atomic mass is 19.1. The van der Waals surface area contributed by atoms with Crippen molar-refractivity contribution in [2.45, 2.75) is 24.9 Å². The number of fused-ring (bicyclic) bond motifs is 3. The van der Waals surface area contributed by atoms with Gasteiger partial charge in [-0.15, -0.1) is 0 Å². The molecule has 2 aromatic rings. The Balaban J connectivity index is 1.82. The zero-order chi connectivity index (χ0) is 18.4. The van der Waals surface area contributed by atoms with E-state index in [0.717, 1.165) is 31.6 Å². The molecule has 0 spiro atoms. The lowest BCUT2D eigenvalue weighted by atomic mass is 10.1. The molecule has 7 nitrogen and oxygen atoms in total. The summed E-state index contributed by atoms with van der Waals surface area (Å²) >= 11 is 0. The van der Waals surface area contributed by atoms with E-state index in [-0.39, 0.29) is 10.9 Å². The second kappa shape index (κ2) is 6.28. The first kappa shape index (κ1) is 16.8. The number of carboxylic acids is 1. The molecule has 2 fully saturated rings. The van der Waals surface area contributed by atoms with Crippen LogP contribution in [-0.2, 0) is 0 Å². The van der Waals surface area contributed by atoms with Crippen LogP contribution in [0.5, 0.6) is 0 Å². The van der Waals surface area contributed by atoms with Gasteiger partial charge in [-0.1, -0.05) is 0 Å². The van der Waals surface area contributed by atoms with Gasteiger partial charge in [-0.25, -0.2) is 9.18 Å². The van der Waals surface area contributed by atoms with Gasteiger partial charge < -0.3 is 20.3 Å². The van der Waals surface area contributed by atoms with Gasteiger partial charge in [0.25, 0.3) is 0 Å². The number of carboxylic acid groups (broad SMARTS) is 1. The predicted molar refractivity (Wildman–Crippen MR) is 97.9 cm³/mol. The number of hydrogen-bond acceptors (Lipinski definition) is 5. The van der Waals surface area contributed by atoms with Crippen molar-refractivity contribution in [3.05, 3.63) is 34.1 Å². The van der Waals surface area contributed by atoms with Crippen molar-refractivity contribution in [1.82, 2.24) is 9.88 Å². The van der Waals surface area contributed by atoms with Crippen LogP contribution in [0.25, 0.3) is 10.9 Å². The fraction of sp³-hybridized carbons (Fsp3) is 0.444. The largest absolute Gasteiger partial charge is 0.477 e. The summed E-state index contributed by atoms with van der Waals surface area (Å²) < 4.78 is 13.0. The minimum atomic E-state index is -1.28. The third kappa shape index (κ3) is 2.61. The molecule has 0 radical (unpaired) electrons. The molecule has 0 saturated carbocycles. The second-order valence-electron chi connectivity index (χ2n) is 7.02. The number of H-pyrrole nitrogens is 1. The lowest BCUT2D eigenvalue weighted by Crippen LogP contribution is -2.52. The van der Waals surface area contributed by atoms with E-state index in [4.69, 9.17) is 5.11 Å². The number of nitrogens with zero attached hydrogens (tertiary/aromatic N) is 2. The van der Waals surface area contributed by atoms with E-state index in [1.165, 1.54) is 6.20 Å². The van der Waals surface area contributed by atoms with E-state index in [9.17, 15) is 14.0 Å². The number of benzene rings is 1. The summed E-state index contributed by atoms with van der Waals surface area (Å²) in [6.07, 6.45) is 3.51. The van der Waals surface area contributed by atoms with Gasteiger partial charge in [0, 0.05) is 36.8 Å². The zero-order valence-electron chi connectivity index (χ0n) is 14.5. The van der Waals surface area contributed by atoms with E-state index in [2.05, 4.69) is 27.1 Å².